The number of ether oxygens (including phenoxy) is 2. The first-order chi connectivity index (χ1) is 13.8. The molecule has 0 saturated carbocycles. The van der Waals surface area contributed by atoms with Gasteiger partial charge in [0.25, 0.3) is 0 Å². The molecule has 170 valence electrons. The molecule has 2 atom stereocenters. The van der Waals surface area contributed by atoms with Gasteiger partial charge in [0.2, 0.25) is 20.9 Å². The fourth-order valence-corrected chi connectivity index (χ4v) is 10.3. The molecular weight excluding hydrogens is 410 g/mol. The Morgan fingerprint density at radius 3 is 2.13 bits per heavy atom. The summed E-state index contributed by atoms with van der Waals surface area (Å²) in [6, 6.07) is 3.89. The maximum atomic E-state index is 14.8. The van der Waals surface area contributed by atoms with Crippen molar-refractivity contribution in [2.24, 2.45) is 0 Å². The van der Waals surface area contributed by atoms with Crippen LogP contribution in [-0.4, -0.2) is 44.1 Å². The highest BCUT2D eigenvalue weighted by molar-refractivity contribution is 6.77. The van der Waals surface area contributed by atoms with E-state index < -0.39 is 32.2 Å². The van der Waals surface area contributed by atoms with Crippen LogP contribution in [0, 0.1) is 0 Å². The van der Waals surface area contributed by atoms with Crippen LogP contribution < -0.4 is 9.47 Å². The summed E-state index contributed by atoms with van der Waals surface area (Å²) in [5.41, 5.74) is 0.626. The summed E-state index contributed by atoms with van der Waals surface area (Å²) in [4.78, 5) is 12.5. The molecule has 1 aliphatic heterocycles. The average molecular weight is 445 g/mol. The number of ketones is 1. The largest absolute Gasteiger partial charge is 0.454 e. The van der Waals surface area contributed by atoms with E-state index in [1.165, 1.54) is 18.2 Å². The molecular formula is C22H34F2O5Si. The van der Waals surface area contributed by atoms with Gasteiger partial charge in [0.1, 0.15) is 6.10 Å². The maximum Gasteiger partial charge on any atom is 0.335 e. The number of hydrogen-bond donors (Lipinski definition) is 1. The number of halogens is 2. The Hall–Kier alpha value is -1.51. The summed E-state index contributed by atoms with van der Waals surface area (Å²) in [5, 5.41) is 10.3. The first kappa shape index (κ1) is 24.8. The van der Waals surface area contributed by atoms with Gasteiger partial charge >= 0.3 is 5.92 Å². The molecule has 1 unspecified atom stereocenters. The van der Waals surface area contributed by atoms with Gasteiger partial charge in [-0.15, -0.1) is 0 Å². The normalized spacial score (nSPS) is 16.4. The molecule has 0 bridgehead atoms. The first-order valence-electron chi connectivity index (χ1n) is 10.5. The Morgan fingerprint density at radius 2 is 1.60 bits per heavy atom. The van der Waals surface area contributed by atoms with Crippen molar-refractivity contribution in [2.75, 3.05) is 6.79 Å². The average Bonchev–Trinajstić information content (AvgIpc) is 3.12. The highest BCUT2D eigenvalue weighted by Crippen LogP contribution is 2.43. The molecule has 8 heteroatoms. The lowest BCUT2D eigenvalue weighted by Gasteiger charge is -2.44. The Balaban J connectivity index is 2.14. The third-order valence-electron chi connectivity index (χ3n) is 6.02. The lowest BCUT2D eigenvalue weighted by molar-refractivity contribution is -0.0897. The molecule has 0 saturated heterocycles. The van der Waals surface area contributed by atoms with Crippen molar-refractivity contribution in [3.8, 4) is 11.5 Å². The number of hydrogen-bond acceptors (Lipinski definition) is 5. The van der Waals surface area contributed by atoms with Gasteiger partial charge in [0, 0.05) is 18.1 Å². The number of fused-ring (bicyclic) bond motifs is 1. The van der Waals surface area contributed by atoms with E-state index in [-0.39, 0.29) is 41.2 Å². The zero-order valence-corrected chi connectivity index (χ0v) is 19.9. The van der Waals surface area contributed by atoms with E-state index in [1.807, 2.05) is 0 Å². The minimum atomic E-state index is -3.94. The van der Waals surface area contributed by atoms with Crippen molar-refractivity contribution >= 4 is 14.1 Å². The third kappa shape index (κ3) is 4.70. The molecule has 1 aromatic carbocycles. The highest BCUT2D eigenvalue weighted by Gasteiger charge is 2.50. The van der Waals surface area contributed by atoms with Crippen molar-refractivity contribution in [1.82, 2.24) is 0 Å². The van der Waals surface area contributed by atoms with Gasteiger partial charge in [-0.25, -0.2) is 0 Å². The van der Waals surface area contributed by atoms with Crippen LogP contribution in [0.5, 0.6) is 11.5 Å². The number of carbonyl (C=O) groups is 1. The molecule has 1 aromatic rings. The van der Waals surface area contributed by atoms with Crippen LogP contribution in [0.4, 0.5) is 8.78 Å². The van der Waals surface area contributed by atoms with Gasteiger partial charge in [-0.05, 0) is 41.7 Å². The van der Waals surface area contributed by atoms with Crippen molar-refractivity contribution in [2.45, 2.75) is 89.6 Å². The topological polar surface area (TPSA) is 65.0 Å². The molecule has 1 heterocycles. The summed E-state index contributed by atoms with van der Waals surface area (Å²) in [5.74, 6) is -4.75. The molecule has 0 aliphatic carbocycles. The molecule has 0 spiro atoms. The molecule has 0 radical (unpaired) electrons. The number of benzene rings is 1. The van der Waals surface area contributed by atoms with Crippen molar-refractivity contribution < 1.29 is 32.6 Å². The van der Waals surface area contributed by atoms with E-state index >= 15 is 0 Å². The summed E-state index contributed by atoms with van der Waals surface area (Å²) < 4.78 is 46.3. The van der Waals surface area contributed by atoms with Crippen molar-refractivity contribution in [1.29, 1.82) is 0 Å². The Kier molecular flexibility index (Phi) is 7.69. The second-order valence-electron chi connectivity index (χ2n) is 9.02. The fraction of sp³-hybridized carbons (Fsp3) is 0.682. The number of aliphatic hydroxyl groups is 1. The quantitative estimate of drug-likeness (QED) is 0.378. The Labute approximate surface area is 178 Å². The van der Waals surface area contributed by atoms with Crippen LogP contribution in [0.1, 0.15) is 65.2 Å². The summed E-state index contributed by atoms with van der Waals surface area (Å²) >= 11 is 0. The van der Waals surface area contributed by atoms with Crippen LogP contribution in [0.25, 0.3) is 0 Å². The standard InChI is InChI=1S/C22H34F2O5Si/c1-13(2)30(14(3)4,15(5)6)29-16(7)10-20(25)22(23,24)21(26)17-8-9-18-19(11-17)28-12-27-18/h8-9,11,13-16,20,25H,10,12H2,1-7H3/t16-,20?/m1/s1. The molecule has 30 heavy (non-hydrogen) atoms. The molecule has 2 rings (SSSR count). The van der Waals surface area contributed by atoms with E-state index in [0.717, 1.165) is 0 Å². The summed E-state index contributed by atoms with van der Waals surface area (Å²) in [6.07, 6.45) is -3.08. The molecule has 0 amide bonds. The molecule has 0 aromatic heterocycles. The van der Waals surface area contributed by atoms with E-state index in [1.54, 1.807) is 6.92 Å². The predicted octanol–water partition coefficient (Wildman–Crippen LogP) is 5.56. The Morgan fingerprint density at radius 1 is 1.07 bits per heavy atom. The van der Waals surface area contributed by atoms with E-state index in [9.17, 15) is 18.7 Å². The first-order valence-corrected chi connectivity index (χ1v) is 12.7. The number of aliphatic hydroxyl groups excluding tert-OH is 1. The van der Waals surface area contributed by atoms with Gasteiger partial charge in [0.15, 0.2) is 11.5 Å². The molecule has 5 nitrogen and oxygen atoms in total. The van der Waals surface area contributed by atoms with E-state index in [0.29, 0.717) is 5.75 Å². The zero-order chi connectivity index (χ0) is 22.9. The maximum absolute atomic E-state index is 14.8. The second-order valence-corrected chi connectivity index (χ2v) is 14.4. The molecule has 1 N–H and O–H groups in total. The smallest absolute Gasteiger partial charge is 0.335 e. The lowest BCUT2D eigenvalue weighted by atomic mass is 9.97. The van der Waals surface area contributed by atoms with Crippen LogP contribution in [-0.2, 0) is 4.43 Å². The zero-order valence-electron chi connectivity index (χ0n) is 18.9. The summed E-state index contributed by atoms with van der Waals surface area (Å²) in [7, 11) is -2.29. The third-order valence-corrected chi connectivity index (χ3v) is 12.2. The summed E-state index contributed by atoms with van der Waals surface area (Å²) in [6.45, 7) is 14.3. The molecule has 1 aliphatic rings. The fourth-order valence-electron chi connectivity index (χ4n) is 4.65. The highest BCUT2D eigenvalue weighted by atomic mass is 28.4. The van der Waals surface area contributed by atoms with Gasteiger partial charge in [-0.3, -0.25) is 4.79 Å². The number of rotatable bonds is 10. The monoisotopic (exact) mass is 444 g/mol. The number of carbonyl (C=O) groups excluding carboxylic acids is 1. The lowest BCUT2D eigenvalue weighted by Crippen LogP contribution is -2.51. The van der Waals surface area contributed by atoms with Crippen molar-refractivity contribution in [3.63, 3.8) is 0 Å². The SMILES string of the molecule is CC(C)[Si](O[C@H](C)CC(O)C(F)(F)C(=O)c1ccc2c(c1)OCO2)(C(C)C)C(C)C. The van der Waals surface area contributed by atoms with Crippen LogP contribution in [0.15, 0.2) is 18.2 Å². The van der Waals surface area contributed by atoms with Crippen LogP contribution in [0.2, 0.25) is 16.6 Å². The second kappa shape index (κ2) is 9.32. The number of Topliss-reactive ketones (excluding diaryl/α,β-unsaturated/α-hetero) is 1. The minimum absolute atomic E-state index is 0.0198. The van der Waals surface area contributed by atoms with E-state index in [2.05, 4.69) is 41.5 Å². The minimum Gasteiger partial charge on any atom is -0.454 e. The Bertz CT molecular complexity index is 729. The predicted molar refractivity (Wildman–Crippen MR) is 114 cm³/mol. The molecule has 0 fully saturated rings. The van der Waals surface area contributed by atoms with Gasteiger partial charge in [-0.1, -0.05) is 41.5 Å². The van der Waals surface area contributed by atoms with Crippen molar-refractivity contribution in [3.05, 3.63) is 23.8 Å². The van der Waals surface area contributed by atoms with Crippen LogP contribution in [0.3, 0.4) is 0 Å². The van der Waals surface area contributed by atoms with Gasteiger partial charge in [0.05, 0.1) is 0 Å². The number of alkyl halides is 2. The van der Waals surface area contributed by atoms with E-state index in [4.69, 9.17) is 13.9 Å². The van der Waals surface area contributed by atoms with Crippen LogP contribution >= 0.6 is 0 Å². The van der Waals surface area contributed by atoms with Gasteiger partial charge < -0.3 is 19.0 Å². The van der Waals surface area contributed by atoms with Gasteiger partial charge in [-0.2, -0.15) is 8.78 Å².